The second kappa shape index (κ2) is 16.2. The number of carbonyl (C=O) groups excluding carboxylic acids is 2. The lowest BCUT2D eigenvalue weighted by Crippen LogP contribution is -2.32. The van der Waals surface area contributed by atoms with Crippen molar-refractivity contribution in [2.24, 2.45) is 28.7 Å². The summed E-state index contributed by atoms with van der Waals surface area (Å²) in [5.74, 6) is 5.33. The number of aromatic hydroxyl groups is 1. The van der Waals surface area contributed by atoms with Crippen LogP contribution in [0.15, 0.2) is 71.3 Å². The Bertz CT molecular complexity index is 1230. The van der Waals surface area contributed by atoms with Crippen LogP contribution in [0.5, 0.6) is 5.75 Å². The molecule has 222 valence electrons. The van der Waals surface area contributed by atoms with E-state index in [9.17, 15) is 19.8 Å². The van der Waals surface area contributed by atoms with Crippen molar-refractivity contribution >= 4 is 28.0 Å². The van der Waals surface area contributed by atoms with Crippen molar-refractivity contribution in [1.82, 2.24) is 0 Å². The third-order valence-corrected chi connectivity index (χ3v) is 7.61. The second-order valence-electron chi connectivity index (χ2n) is 10.9. The molecule has 1 amide bonds. The molecule has 1 heterocycles. The number of carbonyl (C=O) groups is 2. The van der Waals surface area contributed by atoms with E-state index >= 15 is 0 Å². The fraction of sp³-hybridized carbons (Fsp3) is 0.438. The van der Waals surface area contributed by atoms with Crippen molar-refractivity contribution in [3.05, 3.63) is 76.8 Å². The molecule has 0 radical (unpaired) electrons. The highest BCUT2D eigenvalue weighted by Crippen LogP contribution is 2.40. The van der Waals surface area contributed by atoms with Crippen molar-refractivity contribution in [1.29, 1.82) is 0 Å². The number of allylic oxidation sites excluding steroid dienone is 3. The molecule has 8 nitrogen and oxygen atoms in total. The first-order valence-corrected chi connectivity index (χ1v) is 14.4. The zero-order chi connectivity index (χ0) is 30.6. The summed E-state index contributed by atoms with van der Waals surface area (Å²) in [6.45, 7) is 7.68. The number of cyclic esters (lactones) is 1. The largest absolute Gasteiger partial charge is 0.507 e. The minimum Gasteiger partial charge on any atom is -0.507 e. The van der Waals surface area contributed by atoms with Gasteiger partial charge in [-0.2, -0.15) is 0 Å². The van der Waals surface area contributed by atoms with Gasteiger partial charge >= 0.3 is 12.1 Å². The van der Waals surface area contributed by atoms with E-state index in [1.807, 2.05) is 39.8 Å². The van der Waals surface area contributed by atoms with E-state index < -0.39 is 35.8 Å². The maximum atomic E-state index is 12.5. The van der Waals surface area contributed by atoms with E-state index in [0.29, 0.717) is 29.3 Å². The zero-order valence-corrected chi connectivity index (χ0v) is 25.6. The number of hydrogen-bond donors (Lipinski definition) is 4. The molecular formula is C32H41BrN2O6. The Kier molecular flexibility index (Phi) is 13.4. The Morgan fingerprint density at radius 2 is 1.93 bits per heavy atom. The summed E-state index contributed by atoms with van der Waals surface area (Å²) in [5.41, 5.74) is 11.3. The van der Waals surface area contributed by atoms with Crippen LogP contribution in [0.25, 0.3) is 0 Å². The number of benzene rings is 1. The average Bonchev–Trinajstić information content (AvgIpc) is 2.88. The first kappa shape index (κ1) is 33.9. The van der Waals surface area contributed by atoms with Gasteiger partial charge < -0.3 is 31.2 Å². The third-order valence-electron chi connectivity index (χ3n) is 6.75. The number of hydrogen-bond acceptors (Lipinski definition) is 7. The lowest BCUT2D eigenvalue weighted by Gasteiger charge is -2.28. The van der Waals surface area contributed by atoms with Crippen LogP contribution in [0.2, 0.25) is 0 Å². The van der Waals surface area contributed by atoms with Gasteiger partial charge in [-0.25, -0.2) is 9.59 Å². The summed E-state index contributed by atoms with van der Waals surface area (Å²) < 4.78 is 11.4. The highest BCUT2D eigenvalue weighted by atomic mass is 79.9. The number of nitrogens with two attached hydrogens (primary N) is 2. The van der Waals surface area contributed by atoms with Gasteiger partial charge in [-0.1, -0.05) is 76.0 Å². The Labute approximate surface area is 251 Å². The minimum atomic E-state index is -0.878. The van der Waals surface area contributed by atoms with E-state index in [-0.39, 0.29) is 23.6 Å². The molecule has 6 atom stereocenters. The van der Waals surface area contributed by atoms with Gasteiger partial charge in [-0.15, -0.1) is 0 Å². The lowest BCUT2D eigenvalue weighted by molar-refractivity contribution is -0.142. The van der Waals surface area contributed by atoms with Crippen LogP contribution in [0.3, 0.4) is 0 Å². The lowest BCUT2D eigenvalue weighted by atomic mass is 9.82. The number of phenols is 1. The molecule has 41 heavy (non-hydrogen) atoms. The number of aliphatic hydroxyl groups is 1. The highest BCUT2D eigenvalue weighted by Gasteiger charge is 2.28. The summed E-state index contributed by atoms with van der Waals surface area (Å²) in [4.78, 5) is 23.8. The smallest absolute Gasteiger partial charge is 0.404 e. The number of phenolic OH excluding ortho intramolecular Hbond substituents is 1. The molecule has 0 saturated heterocycles. The molecule has 0 aliphatic carbocycles. The van der Waals surface area contributed by atoms with Crippen molar-refractivity contribution in [3.8, 4) is 17.6 Å². The zero-order valence-electron chi connectivity index (χ0n) is 24.0. The Morgan fingerprint density at radius 1 is 1.22 bits per heavy atom. The van der Waals surface area contributed by atoms with Crippen LogP contribution in [0, 0.1) is 29.1 Å². The van der Waals surface area contributed by atoms with Crippen molar-refractivity contribution in [2.45, 2.75) is 71.3 Å². The molecule has 0 bridgehead atoms. The fourth-order valence-corrected chi connectivity index (χ4v) is 4.81. The van der Waals surface area contributed by atoms with Crippen molar-refractivity contribution < 1.29 is 29.3 Å². The van der Waals surface area contributed by atoms with Crippen molar-refractivity contribution in [3.63, 3.8) is 0 Å². The second-order valence-corrected chi connectivity index (χ2v) is 11.7. The first-order valence-electron chi connectivity index (χ1n) is 13.6. The average molecular weight is 630 g/mol. The number of amides is 1. The maximum Gasteiger partial charge on any atom is 0.404 e. The van der Waals surface area contributed by atoms with Crippen LogP contribution >= 0.6 is 15.9 Å². The van der Waals surface area contributed by atoms with Crippen molar-refractivity contribution in [2.75, 3.05) is 0 Å². The molecule has 0 aromatic heterocycles. The van der Waals surface area contributed by atoms with E-state index in [1.165, 1.54) is 6.08 Å². The summed E-state index contributed by atoms with van der Waals surface area (Å²) in [6.07, 6.45) is 12.5. The molecule has 0 fully saturated rings. The predicted octanol–water partition coefficient (Wildman–Crippen LogP) is 5.60. The van der Waals surface area contributed by atoms with Gasteiger partial charge in [0.2, 0.25) is 0 Å². The number of esters is 1. The number of ether oxygens (including phenoxy) is 2. The Hall–Kier alpha value is -3.32. The van der Waals surface area contributed by atoms with E-state index in [2.05, 4.69) is 27.8 Å². The summed E-state index contributed by atoms with van der Waals surface area (Å²) in [6, 6.07) is 4.66. The molecule has 1 aromatic carbocycles. The van der Waals surface area contributed by atoms with Gasteiger partial charge in [-0.3, -0.25) is 0 Å². The first-order chi connectivity index (χ1) is 19.3. The molecule has 2 rings (SSSR count). The third kappa shape index (κ3) is 11.6. The summed E-state index contributed by atoms with van der Waals surface area (Å²) in [5, 5.41) is 20.8. The number of rotatable bonds is 5. The molecule has 1 aliphatic heterocycles. The molecule has 1 aromatic rings. The minimum absolute atomic E-state index is 0.0589. The van der Waals surface area contributed by atoms with Crippen LogP contribution in [-0.2, 0) is 14.3 Å². The van der Waals surface area contributed by atoms with E-state index in [4.69, 9.17) is 20.9 Å². The van der Waals surface area contributed by atoms with Crippen LogP contribution in [0.1, 0.15) is 58.6 Å². The molecule has 9 heteroatoms. The predicted molar refractivity (Wildman–Crippen MR) is 163 cm³/mol. The molecule has 0 spiro atoms. The molecule has 0 unspecified atom stereocenters. The fourth-order valence-electron chi connectivity index (χ4n) is 4.33. The monoisotopic (exact) mass is 628 g/mol. The van der Waals surface area contributed by atoms with E-state index in [0.717, 1.165) is 0 Å². The summed E-state index contributed by atoms with van der Waals surface area (Å²) in [7, 11) is 0. The standard InChI is InChI=1S/C32H41BrN2O6/c1-21-16-17-22(2)27(41-28(37)15-9-11-23(34)20-24(19-21)40-31(35)39)14-7-5-6-8-18-32(3,4)30(38)25-12-10-13-26(36)29(25)33/h7-10,12-18,21-24,27,30,36,38H,11,19-20,34H2,1-4H3,(H2,35,39)/b14-7+,15-9-,17-16+,18-8+/t21-,22-,23+,24-,27+,30+/m1/s1. The van der Waals surface area contributed by atoms with Gasteiger partial charge in [0.25, 0.3) is 0 Å². The van der Waals surface area contributed by atoms with Gasteiger partial charge in [0.1, 0.15) is 18.0 Å². The highest BCUT2D eigenvalue weighted by molar-refractivity contribution is 9.10. The molecule has 1 aliphatic rings. The molecule has 6 N–H and O–H groups in total. The number of aliphatic hydroxyl groups excluding tert-OH is 1. The Morgan fingerprint density at radius 3 is 2.63 bits per heavy atom. The number of primary amides is 1. The van der Waals surface area contributed by atoms with Crippen LogP contribution in [-0.4, -0.2) is 40.5 Å². The number of halogens is 1. The SMILES string of the molecule is C[C@@H]1/C=C/[C@@H](C)[C@H](/C=C/C#C/C=C/C(C)(C)[C@@H](O)c2cccc(O)c2Br)OC(=O)/C=C\C[C@H](N)C[C@H](OC(N)=O)C1. The molecule has 0 saturated carbocycles. The topological polar surface area (TPSA) is 145 Å². The van der Waals surface area contributed by atoms with Crippen LogP contribution < -0.4 is 11.5 Å². The summed E-state index contributed by atoms with van der Waals surface area (Å²) >= 11 is 3.33. The molecular weight excluding hydrogens is 588 g/mol. The normalized spacial score (nSPS) is 26.8. The Balaban J connectivity index is 2.15. The maximum absolute atomic E-state index is 12.5. The quantitative estimate of drug-likeness (QED) is 0.189. The van der Waals surface area contributed by atoms with Gasteiger partial charge in [0.15, 0.2) is 0 Å². The van der Waals surface area contributed by atoms with E-state index in [1.54, 1.807) is 48.6 Å². The van der Waals surface area contributed by atoms with Gasteiger partial charge in [0.05, 0.1) is 10.6 Å². The van der Waals surface area contributed by atoms with Gasteiger partial charge in [0, 0.05) is 23.5 Å². The van der Waals surface area contributed by atoms with Crippen LogP contribution in [0.4, 0.5) is 4.79 Å². The van der Waals surface area contributed by atoms with Gasteiger partial charge in [-0.05, 0) is 71.0 Å².